The number of halogens is 6. The molecule has 6 aromatic heterocycles. The summed E-state index contributed by atoms with van der Waals surface area (Å²) in [5.74, 6) is 0.645. The molecule has 0 spiro atoms. The summed E-state index contributed by atoms with van der Waals surface area (Å²) < 4.78 is 21.4. The minimum Gasteiger partial charge on any atom is -0.456 e. The Bertz CT molecular complexity index is 6240. The van der Waals surface area contributed by atoms with Crippen molar-refractivity contribution in [3.8, 4) is 34.0 Å². The Morgan fingerprint density at radius 2 is 0.723 bits per heavy atom. The lowest BCUT2D eigenvalue weighted by atomic mass is 10.1. The quantitative estimate of drug-likeness (QED) is 0.165. The summed E-state index contributed by atoms with van der Waals surface area (Å²) in [6.07, 6.45) is 0. The van der Waals surface area contributed by atoms with Crippen molar-refractivity contribution < 1.29 is 4.42 Å². The van der Waals surface area contributed by atoms with Crippen LogP contribution in [0, 0.1) is 0 Å². The van der Waals surface area contributed by atoms with Crippen molar-refractivity contribution in [2.75, 3.05) is 0 Å². The van der Waals surface area contributed by atoms with Gasteiger partial charge in [-0.2, -0.15) is 0 Å². The number of hydrogen-bond acceptors (Lipinski definition) is 5. The van der Waals surface area contributed by atoms with Gasteiger partial charge in [0.05, 0.1) is 27.8 Å². The van der Waals surface area contributed by atoms with Gasteiger partial charge in [0.2, 0.25) is 0 Å². The Balaban J connectivity index is 0.0000000989. The minimum atomic E-state index is 0.452. The molecule has 0 aliphatic heterocycles. The number of thiophene rings is 2. The second kappa shape index (κ2) is 30.9. The van der Waals surface area contributed by atoms with Crippen molar-refractivity contribution in [2.24, 2.45) is 0 Å². The van der Waals surface area contributed by atoms with Gasteiger partial charge in [-0.1, -0.05) is 288 Å². The minimum absolute atomic E-state index is 0.452. The van der Waals surface area contributed by atoms with Gasteiger partial charge in [0.1, 0.15) is 16.3 Å². The number of fused-ring (bicyclic) bond motifs is 15. The molecule has 5 nitrogen and oxygen atoms in total. The number of benzene rings is 14. The smallest absolute Gasteiger partial charge is 0.161 e. The van der Waals surface area contributed by atoms with E-state index in [1.807, 2.05) is 126 Å². The van der Waals surface area contributed by atoms with Gasteiger partial charge >= 0.3 is 0 Å². The number of aromatic nitrogens is 4. The normalized spacial score (nSPS) is 11.1. The van der Waals surface area contributed by atoms with Gasteiger partial charge in [-0.3, -0.25) is 0 Å². The SMILES string of the molecule is Brc1ccc2c(c1)c1ccccc1n2-c1ccccc1.Brc1ccc2c(c1)sc1ccccc12.Brc1ccc2c3ccccc3n(-c3ccccc3)c2c1.Brc1ccc2oc3ccccc3c2c1.Brc1cccc2c1sc1ccccc12.Clc1cc(-c2ccccc2)nc(-c2ccccc2)n1. The van der Waals surface area contributed by atoms with Gasteiger partial charge in [0, 0.05) is 124 Å². The maximum Gasteiger partial charge on any atom is 0.161 e. The molecule has 0 saturated heterocycles. The van der Waals surface area contributed by atoms with Crippen molar-refractivity contribution in [2.45, 2.75) is 0 Å². The molecule has 0 bridgehead atoms. The average Bonchev–Trinajstić information content (AvgIpc) is 1.61. The van der Waals surface area contributed by atoms with E-state index in [0.717, 1.165) is 51.3 Å². The number of rotatable bonds is 4. The fourth-order valence-electron chi connectivity index (χ4n) is 12.6. The van der Waals surface area contributed by atoms with Gasteiger partial charge < -0.3 is 13.6 Å². The summed E-state index contributed by atoms with van der Waals surface area (Å²) in [5, 5.41) is 13.3. The fourth-order valence-corrected chi connectivity index (χ4v) is 17.2. The van der Waals surface area contributed by atoms with E-state index >= 15 is 0 Å². The van der Waals surface area contributed by atoms with E-state index in [9.17, 15) is 0 Å². The maximum atomic E-state index is 6.10. The zero-order valence-corrected chi connectivity index (χ0v) is 63.9. The first-order valence-electron chi connectivity index (χ1n) is 32.4. The summed E-state index contributed by atoms with van der Waals surface area (Å²) in [6.45, 7) is 0. The van der Waals surface area contributed by atoms with Crippen LogP contribution in [0.25, 0.3) is 140 Å². The van der Waals surface area contributed by atoms with Crippen molar-refractivity contribution >= 4 is 220 Å². The molecule has 0 unspecified atom stereocenters. The third-order valence-corrected chi connectivity index (χ3v) is 22.6. The van der Waals surface area contributed by atoms with Crippen LogP contribution in [0.4, 0.5) is 0 Å². The van der Waals surface area contributed by atoms with Crippen molar-refractivity contribution in [1.82, 2.24) is 19.1 Å². The van der Waals surface area contributed by atoms with Crippen LogP contribution in [0.15, 0.2) is 366 Å². The van der Waals surface area contributed by atoms with E-state index in [4.69, 9.17) is 16.0 Å². The van der Waals surface area contributed by atoms with Gasteiger partial charge in [0.25, 0.3) is 0 Å². The second-order valence-corrected chi connectivity index (χ2v) is 30.6. The van der Waals surface area contributed by atoms with Gasteiger partial charge in [-0.25, -0.2) is 9.97 Å². The molecular formula is C88H56Br5ClN4OS2. The van der Waals surface area contributed by atoms with Gasteiger partial charge in [-0.05, 0) is 137 Å². The van der Waals surface area contributed by atoms with Crippen molar-refractivity contribution in [3.05, 3.63) is 367 Å². The van der Waals surface area contributed by atoms with E-state index in [1.165, 1.54) is 105 Å². The molecule has 0 fully saturated rings. The molecule has 0 aliphatic rings. The molecule has 0 N–H and O–H groups in total. The molecule has 0 amide bonds. The predicted octanol–water partition coefficient (Wildman–Crippen LogP) is 29.5. The molecule has 0 aliphatic carbocycles. The molecule has 0 radical (unpaired) electrons. The zero-order valence-electron chi connectivity index (χ0n) is 53.6. The molecule has 6 heterocycles. The highest BCUT2D eigenvalue weighted by molar-refractivity contribution is 9.11. The summed E-state index contributed by atoms with van der Waals surface area (Å²) >= 11 is 27.5. The Kier molecular flexibility index (Phi) is 20.6. The number of hydrogen-bond donors (Lipinski definition) is 0. The van der Waals surface area contributed by atoms with Crippen LogP contribution in [0.2, 0.25) is 5.15 Å². The van der Waals surface area contributed by atoms with Crippen LogP contribution in [0.1, 0.15) is 0 Å². The molecule has 14 aromatic carbocycles. The molecule has 101 heavy (non-hydrogen) atoms. The molecule has 0 atom stereocenters. The Morgan fingerprint density at radius 1 is 0.287 bits per heavy atom. The fraction of sp³-hybridized carbons (Fsp3) is 0. The first kappa shape index (κ1) is 67.5. The van der Waals surface area contributed by atoms with Crippen molar-refractivity contribution in [3.63, 3.8) is 0 Å². The third-order valence-electron chi connectivity index (χ3n) is 17.1. The Hall–Kier alpha value is -9.31. The Morgan fingerprint density at radius 3 is 1.39 bits per heavy atom. The lowest BCUT2D eigenvalue weighted by Gasteiger charge is -2.07. The van der Waals surface area contributed by atoms with Crippen LogP contribution in [0.3, 0.4) is 0 Å². The lowest BCUT2D eigenvalue weighted by molar-refractivity contribution is 0.669. The number of para-hydroxylation sites is 5. The standard InChI is InChI=1S/2C18H12BrN.C16H11ClN2.C12H7BrO.2C12H7BrS/c19-13-10-11-18-16(12-13)15-8-4-5-9-17(15)20(18)14-6-2-1-3-7-14;19-13-10-11-16-15-8-4-5-9-17(15)20(18(16)12-13)14-6-2-1-3-7-14;17-15-11-14(12-7-3-1-4-8-12)18-16(19-15)13-9-5-2-6-10-13;13-8-5-6-12-10(7-8)9-3-1-2-4-11(9)14-12;13-10-6-3-5-9-8-4-1-2-7-11(8)14-12(9)10;13-8-5-6-10-9-3-1-2-4-11(9)14-12(10)7-8/h2*1-12H;1-11H;3*1-7H. The first-order valence-corrected chi connectivity index (χ1v) is 38.4. The van der Waals surface area contributed by atoms with Gasteiger partial charge in [0.15, 0.2) is 5.82 Å². The first-order chi connectivity index (χ1) is 49.6. The molecule has 13 heteroatoms. The molecule has 0 saturated carbocycles. The lowest BCUT2D eigenvalue weighted by Crippen LogP contribution is -1.92. The summed E-state index contributed by atoms with van der Waals surface area (Å²) in [5.41, 5.74) is 12.0. The van der Waals surface area contributed by atoms with Crippen molar-refractivity contribution in [1.29, 1.82) is 0 Å². The monoisotopic (exact) mass is 1680 g/mol. The molecule has 488 valence electrons. The predicted molar refractivity (Wildman–Crippen MR) is 450 cm³/mol. The maximum absolute atomic E-state index is 6.10. The van der Waals surface area contributed by atoms with E-state index < -0.39 is 0 Å². The topological polar surface area (TPSA) is 48.8 Å². The highest BCUT2D eigenvalue weighted by Crippen LogP contribution is 2.40. The largest absolute Gasteiger partial charge is 0.456 e. The van der Waals surface area contributed by atoms with E-state index in [2.05, 4.69) is 329 Å². The van der Waals surface area contributed by atoms with Gasteiger partial charge in [-0.15, -0.1) is 22.7 Å². The van der Waals surface area contributed by atoms with E-state index in [0.29, 0.717) is 11.0 Å². The van der Waals surface area contributed by atoms with Crippen LogP contribution in [0.5, 0.6) is 0 Å². The van der Waals surface area contributed by atoms with Crippen LogP contribution >= 0.6 is 114 Å². The Labute approximate surface area is 638 Å². The number of furan rings is 1. The number of nitrogens with zero attached hydrogens (tertiary/aromatic N) is 4. The summed E-state index contributed by atoms with van der Waals surface area (Å²) in [6, 6.07) is 117. The van der Waals surface area contributed by atoms with E-state index in [1.54, 1.807) is 6.07 Å². The summed E-state index contributed by atoms with van der Waals surface area (Å²) in [7, 11) is 0. The molecule has 20 rings (SSSR count). The molecular weight excluding hydrogens is 1630 g/mol. The molecule has 20 aromatic rings. The van der Waals surface area contributed by atoms with Crippen LogP contribution in [-0.4, -0.2) is 19.1 Å². The highest BCUT2D eigenvalue weighted by Gasteiger charge is 2.15. The summed E-state index contributed by atoms with van der Waals surface area (Å²) in [4.78, 5) is 8.86. The van der Waals surface area contributed by atoms with Crippen LogP contribution in [-0.2, 0) is 0 Å². The second-order valence-electron chi connectivity index (χ2n) is 23.5. The average molecular weight is 1680 g/mol. The highest BCUT2D eigenvalue weighted by atomic mass is 79.9. The van der Waals surface area contributed by atoms with Crippen LogP contribution < -0.4 is 0 Å². The zero-order chi connectivity index (χ0) is 68.8. The third kappa shape index (κ3) is 14.8. The van der Waals surface area contributed by atoms with E-state index in [-0.39, 0.29) is 0 Å².